The van der Waals surface area contributed by atoms with Gasteiger partial charge in [-0.3, -0.25) is 9.59 Å². The van der Waals surface area contributed by atoms with Crippen LogP contribution >= 0.6 is 0 Å². The number of aromatic amines is 2. The van der Waals surface area contributed by atoms with Crippen molar-refractivity contribution in [3.8, 4) is 34.0 Å². The molecule has 58 heavy (non-hydrogen) atoms. The van der Waals surface area contributed by atoms with Gasteiger partial charge in [0.05, 0.1) is 62.3 Å². The Hall–Kier alpha value is -5.99. The van der Waals surface area contributed by atoms with Crippen LogP contribution in [-0.4, -0.2) is 124 Å². The number of rotatable bonds is 10. The number of carbonyl (C=O) groups is 4. The molecule has 2 saturated heterocycles. The molecule has 6 N–H and O–H groups in total. The molecule has 0 radical (unpaired) electrons. The molecule has 0 saturated carbocycles. The molecular formula is C38H44N8O11S. The molecule has 0 spiro atoms. The van der Waals surface area contributed by atoms with Gasteiger partial charge in [-0.1, -0.05) is 6.07 Å². The summed E-state index contributed by atoms with van der Waals surface area (Å²) in [5.74, 6) is 0.230. The number of imidazole rings is 2. The van der Waals surface area contributed by atoms with Crippen molar-refractivity contribution in [1.82, 2.24) is 40.4 Å². The minimum Gasteiger partial charge on any atom is -0.455 e. The average Bonchev–Trinajstić information content (AvgIpc) is 4.05. The first-order valence-corrected chi connectivity index (χ1v) is 20.2. The Kier molecular flexibility index (Phi) is 11.2. The molecule has 6 atom stereocenters. The van der Waals surface area contributed by atoms with Gasteiger partial charge < -0.3 is 54.8 Å². The summed E-state index contributed by atoms with van der Waals surface area (Å²) >= 11 is 0. The number of likely N-dealkylation sites (tertiary alicyclic amines) is 2. The lowest BCUT2D eigenvalue weighted by Crippen LogP contribution is -2.53. The van der Waals surface area contributed by atoms with Crippen molar-refractivity contribution in [2.45, 2.75) is 85.7 Å². The molecule has 308 valence electrons. The van der Waals surface area contributed by atoms with Crippen LogP contribution in [-0.2, 0) is 28.9 Å². The Morgan fingerprint density at radius 2 is 1.24 bits per heavy atom. The molecule has 2 fully saturated rings. The molecule has 4 aromatic rings. The van der Waals surface area contributed by atoms with E-state index in [0.717, 1.165) is 7.11 Å². The lowest BCUT2D eigenvalue weighted by Gasteiger charge is -2.29. The fraction of sp³-hybridized carbons (Fsp3) is 0.421. The van der Waals surface area contributed by atoms with Crippen LogP contribution in [0.1, 0.15) is 63.3 Å². The van der Waals surface area contributed by atoms with Gasteiger partial charge in [-0.05, 0) is 69.9 Å². The minimum atomic E-state index is -4.05. The summed E-state index contributed by atoms with van der Waals surface area (Å²) in [6.07, 6.45) is 1.59. The standard InChI is InChI=1S/C38H44N8O11S/c1-19(47)31(43-37(51)55-3)35(49)45-13-5-7-25(45)33-39-17-23(41-33)21-10-12-29-28(15-21)57-27-11-9-22(16-30(27)58(29,53)54)24-18-40-34(42-24)26-8-6-14-46(26)36(50)32(20(2)48)44-38(52)56-4/h9-12,15-20,25-26,31-32,47-48H,5-8,13-14H2,1-4H3,(H,39,41)(H,40,42)(H,43,51)(H,44,52)/t19-,20-,25-,26-,31-,32-/m0/s1. The third-order valence-electron chi connectivity index (χ3n) is 10.6. The van der Waals surface area contributed by atoms with Crippen molar-refractivity contribution in [3.05, 3.63) is 60.4 Å². The summed E-state index contributed by atoms with van der Waals surface area (Å²) in [7, 11) is -1.72. The van der Waals surface area contributed by atoms with E-state index in [2.05, 4.69) is 40.0 Å². The largest absolute Gasteiger partial charge is 0.455 e. The number of carbonyl (C=O) groups excluding carboxylic acids is 4. The Labute approximate surface area is 333 Å². The second-order valence-corrected chi connectivity index (χ2v) is 16.3. The predicted octanol–water partition coefficient (Wildman–Crippen LogP) is 2.94. The number of nitrogens with zero attached hydrogens (tertiary/aromatic N) is 4. The molecule has 2 aromatic heterocycles. The smallest absolute Gasteiger partial charge is 0.407 e. The first kappa shape index (κ1) is 40.2. The van der Waals surface area contributed by atoms with Gasteiger partial charge in [-0.15, -0.1) is 0 Å². The van der Waals surface area contributed by atoms with E-state index in [1.165, 1.54) is 33.1 Å². The number of H-pyrrole nitrogens is 2. The molecule has 3 aliphatic heterocycles. The molecule has 3 aliphatic rings. The third kappa shape index (κ3) is 7.57. The van der Waals surface area contributed by atoms with Gasteiger partial charge in [0.15, 0.2) is 0 Å². The number of benzene rings is 2. The van der Waals surface area contributed by atoms with Gasteiger partial charge in [0.1, 0.15) is 45.0 Å². The second-order valence-electron chi connectivity index (χ2n) is 14.4. The molecule has 0 unspecified atom stereocenters. The van der Waals surface area contributed by atoms with Crippen molar-refractivity contribution in [2.75, 3.05) is 27.3 Å². The third-order valence-corrected chi connectivity index (χ3v) is 12.4. The number of aromatic nitrogens is 4. The number of ether oxygens (including phenoxy) is 3. The number of amides is 4. The van der Waals surface area contributed by atoms with Crippen LogP contribution in [0.25, 0.3) is 22.5 Å². The molecule has 0 bridgehead atoms. The summed E-state index contributed by atoms with van der Waals surface area (Å²) < 4.78 is 43.4. The number of aliphatic hydroxyl groups is 2. The van der Waals surface area contributed by atoms with Crippen molar-refractivity contribution in [2.24, 2.45) is 0 Å². The highest BCUT2D eigenvalue weighted by Crippen LogP contribution is 2.45. The summed E-state index contributed by atoms with van der Waals surface area (Å²) in [5, 5.41) is 25.3. The van der Waals surface area contributed by atoms with Gasteiger partial charge >= 0.3 is 12.2 Å². The zero-order chi connectivity index (χ0) is 41.5. The maximum Gasteiger partial charge on any atom is 0.407 e. The maximum atomic E-state index is 14.0. The highest BCUT2D eigenvalue weighted by Gasteiger charge is 2.40. The number of alkyl carbamates (subject to hydrolysis) is 2. The van der Waals surface area contributed by atoms with E-state index in [1.54, 1.807) is 46.5 Å². The number of methoxy groups -OCH3 is 2. The lowest BCUT2D eigenvalue weighted by molar-refractivity contribution is -0.137. The Morgan fingerprint density at radius 1 is 0.759 bits per heavy atom. The highest BCUT2D eigenvalue weighted by atomic mass is 32.2. The molecule has 5 heterocycles. The van der Waals surface area contributed by atoms with E-state index in [-0.39, 0.29) is 21.3 Å². The van der Waals surface area contributed by atoms with Gasteiger partial charge in [0.25, 0.3) is 0 Å². The fourth-order valence-corrected chi connectivity index (χ4v) is 9.13. The fourth-order valence-electron chi connectivity index (χ4n) is 7.63. The topological polar surface area (TPSA) is 258 Å². The van der Waals surface area contributed by atoms with Crippen LogP contribution in [0.3, 0.4) is 0 Å². The van der Waals surface area contributed by atoms with E-state index < -0.39 is 70.2 Å². The monoisotopic (exact) mass is 820 g/mol. The van der Waals surface area contributed by atoms with E-state index in [0.29, 0.717) is 72.9 Å². The normalized spacial score (nSPS) is 20.2. The number of sulfone groups is 1. The zero-order valence-electron chi connectivity index (χ0n) is 32.1. The molecular weight excluding hydrogens is 777 g/mol. The minimum absolute atomic E-state index is 0.0332. The van der Waals surface area contributed by atoms with Crippen molar-refractivity contribution < 1.29 is 52.0 Å². The first-order chi connectivity index (χ1) is 27.7. The van der Waals surface area contributed by atoms with Crippen LogP contribution < -0.4 is 15.4 Å². The van der Waals surface area contributed by atoms with E-state index in [9.17, 15) is 37.8 Å². The van der Waals surface area contributed by atoms with Crippen molar-refractivity contribution in [1.29, 1.82) is 0 Å². The summed E-state index contributed by atoms with van der Waals surface area (Å²) in [6.45, 7) is 3.58. The maximum absolute atomic E-state index is 14.0. The van der Waals surface area contributed by atoms with Gasteiger partial charge in [0, 0.05) is 24.2 Å². The molecule has 4 amide bonds. The summed E-state index contributed by atoms with van der Waals surface area (Å²) in [4.78, 5) is 69.1. The summed E-state index contributed by atoms with van der Waals surface area (Å²) in [6, 6.07) is 6.07. The van der Waals surface area contributed by atoms with Crippen LogP contribution in [0.15, 0.2) is 58.6 Å². The van der Waals surface area contributed by atoms with E-state index in [4.69, 9.17) is 4.74 Å². The van der Waals surface area contributed by atoms with Crippen LogP contribution in [0.2, 0.25) is 0 Å². The van der Waals surface area contributed by atoms with Crippen molar-refractivity contribution >= 4 is 33.8 Å². The van der Waals surface area contributed by atoms with E-state index in [1.807, 2.05) is 0 Å². The number of nitrogens with one attached hydrogen (secondary N) is 4. The van der Waals surface area contributed by atoms with Gasteiger partial charge in [0.2, 0.25) is 21.7 Å². The molecule has 2 aromatic carbocycles. The number of hydrogen-bond donors (Lipinski definition) is 6. The number of fused-ring (bicyclic) bond motifs is 2. The average molecular weight is 821 g/mol. The first-order valence-electron chi connectivity index (χ1n) is 18.7. The lowest BCUT2D eigenvalue weighted by atomic mass is 10.1. The predicted molar refractivity (Wildman–Crippen MR) is 203 cm³/mol. The van der Waals surface area contributed by atoms with Crippen molar-refractivity contribution in [3.63, 3.8) is 0 Å². The van der Waals surface area contributed by atoms with Crippen LogP contribution in [0, 0.1) is 0 Å². The molecule has 7 rings (SSSR count). The van der Waals surface area contributed by atoms with Crippen LogP contribution in [0.4, 0.5) is 9.59 Å². The Balaban J connectivity index is 1.08. The highest BCUT2D eigenvalue weighted by molar-refractivity contribution is 7.91. The van der Waals surface area contributed by atoms with Gasteiger partial charge in [-0.25, -0.2) is 28.0 Å². The number of hydrogen-bond acceptors (Lipinski definition) is 13. The van der Waals surface area contributed by atoms with Crippen LogP contribution in [0.5, 0.6) is 11.5 Å². The molecule has 19 nitrogen and oxygen atoms in total. The van der Waals surface area contributed by atoms with Gasteiger partial charge in [-0.2, -0.15) is 0 Å². The summed E-state index contributed by atoms with van der Waals surface area (Å²) in [5.41, 5.74) is 2.16. The Morgan fingerprint density at radius 3 is 1.72 bits per heavy atom. The number of aliphatic hydroxyl groups excluding tert-OH is 2. The molecule has 0 aliphatic carbocycles. The quantitative estimate of drug-likeness (QED) is 0.119. The zero-order valence-corrected chi connectivity index (χ0v) is 32.9. The van der Waals surface area contributed by atoms with E-state index >= 15 is 0 Å². The Bertz CT molecular complexity index is 2340. The SMILES string of the molecule is COC(=O)N[C@H](C(=O)N1CCC[C@H]1c1ncc(-c2ccc3c(c2)Oc2ccc(-c4cnc([C@@H]5CCCN5C(=O)[C@@H](NC(=O)OC)[C@H](C)O)[nH]4)cc2S3(=O)=O)[nH]1)[C@H](C)O. The molecule has 20 heteroatoms. The second kappa shape index (κ2) is 16.1.